The van der Waals surface area contributed by atoms with Crippen molar-refractivity contribution in [1.29, 1.82) is 0 Å². The molecule has 0 saturated carbocycles. The van der Waals surface area contributed by atoms with Crippen LogP contribution in [0.4, 0.5) is 20.2 Å². The van der Waals surface area contributed by atoms with Crippen LogP contribution in [0.1, 0.15) is 10.4 Å². The number of rotatable bonds is 4. The first-order chi connectivity index (χ1) is 11.0. The van der Waals surface area contributed by atoms with E-state index in [0.717, 1.165) is 12.1 Å². The zero-order valence-electron chi connectivity index (χ0n) is 12.8. The van der Waals surface area contributed by atoms with Gasteiger partial charge in [-0.15, -0.1) is 8.42 Å². The number of benzene rings is 2. The lowest BCUT2D eigenvalue weighted by Gasteiger charge is -2.24. The van der Waals surface area contributed by atoms with Gasteiger partial charge in [-0.1, -0.05) is 6.07 Å². The zero-order chi connectivity index (χ0) is 18.1. The van der Waals surface area contributed by atoms with Crippen molar-refractivity contribution in [3.63, 3.8) is 0 Å². The van der Waals surface area contributed by atoms with E-state index >= 15 is 0 Å². The minimum atomic E-state index is -4.46. The number of carbonyl (C=O) groups is 1. The molecule has 9 heteroatoms. The van der Waals surface area contributed by atoms with Gasteiger partial charge in [-0.05, 0) is 18.2 Å². The summed E-state index contributed by atoms with van der Waals surface area (Å²) >= 11 is 0. The highest BCUT2D eigenvalue weighted by Gasteiger charge is 2.34. The Morgan fingerprint density at radius 1 is 1.12 bits per heavy atom. The molecule has 2 aromatic carbocycles. The smallest absolute Gasteiger partial charge is 0.319 e. The number of carbonyl (C=O) groups excluding carboxylic acids is 1. The van der Waals surface area contributed by atoms with Crippen molar-refractivity contribution in [3.8, 4) is 0 Å². The fourth-order valence-electron chi connectivity index (χ4n) is 1.90. The number of hydrogen-bond donors (Lipinski definition) is 2. The molecule has 0 radical (unpaired) electrons. The van der Waals surface area contributed by atoms with Crippen LogP contribution < -0.4 is 9.21 Å². The van der Waals surface area contributed by atoms with Gasteiger partial charge in [-0.25, -0.2) is 13.3 Å². The number of amides is 1. The Kier molecular flexibility index (Phi) is 4.70. The lowest BCUT2D eigenvalue weighted by Crippen LogP contribution is -2.46. The zero-order valence-corrected chi connectivity index (χ0v) is 13.6. The maximum absolute atomic E-state index is 13.6. The summed E-state index contributed by atoms with van der Waals surface area (Å²) in [7, 11) is -2.01. The summed E-state index contributed by atoms with van der Waals surface area (Å²) in [4.78, 5) is 12.2. The average Bonchev–Trinajstić information content (AvgIpc) is 2.49. The van der Waals surface area contributed by atoms with Gasteiger partial charge in [0.05, 0.1) is 19.8 Å². The number of nitrogens with one attached hydrogen (secondary N) is 1. The SMILES string of the molecule is C[N+](C)(c1cccc(C(=O)Nc2ccc(F)cc2F)c1)S(=O)(=O)O. The van der Waals surface area contributed by atoms with Gasteiger partial charge in [0.25, 0.3) is 5.91 Å². The fraction of sp³-hybridized carbons (Fsp3) is 0.133. The van der Waals surface area contributed by atoms with Crippen LogP contribution in [0.15, 0.2) is 42.5 Å². The lowest BCUT2D eigenvalue weighted by atomic mass is 10.1. The molecule has 0 spiro atoms. The van der Waals surface area contributed by atoms with Gasteiger partial charge in [0.15, 0.2) is 0 Å². The first-order valence-corrected chi connectivity index (χ1v) is 8.10. The fourth-order valence-corrected chi connectivity index (χ4v) is 2.28. The number of anilines is 1. The quantitative estimate of drug-likeness (QED) is 0.651. The third kappa shape index (κ3) is 3.58. The minimum absolute atomic E-state index is 0.0473. The van der Waals surface area contributed by atoms with Gasteiger partial charge in [0.1, 0.15) is 17.3 Å². The van der Waals surface area contributed by atoms with Crippen LogP contribution in [0, 0.1) is 11.6 Å². The Balaban J connectivity index is 2.33. The summed E-state index contributed by atoms with van der Waals surface area (Å²) in [5.41, 5.74) is -0.0360. The second kappa shape index (κ2) is 6.27. The molecule has 0 aliphatic heterocycles. The Labute approximate surface area is 137 Å². The Bertz CT molecular complexity index is 898. The average molecular weight is 357 g/mol. The van der Waals surface area contributed by atoms with E-state index in [9.17, 15) is 26.5 Å². The summed E-state index contributed by atoms with van der Waals surface area (Å²) < 4.78 is 57.7. The molecular formula is C15H15F2N2O4S+. The third-order valence-electron chi connectivity index (χ3n) is 3.49. The van der Waals surface area contributed by atoms with Crippen molar-refractivity contribution in [3.05, 3.63) is 59.7 Å². The molecule has 0 aliphatic carbocycles. The van der Waals surface area contributed by atoms with Crippen molar-refractivity contribution in [2.45, 2.75) is 0 Å². The van der Waals surface area contributed by atoms with Crippen molar-refractivity contribution in [2.24, 2.45) is 0 Å². The van der Waals surface area contributed by atoms with Crippen LogP contribution in [0.3, 0.4) is 0 Å². The van der Waals surface area contributed by atoms with Crippen LogP contribution >= 0.6 is 0 Å². The van der Waals surface area contributed by atoms with Gasteiger partial charge < -0.3 is 5.32 Å². The third-order valence-corrected chi connectivity index (χ3v) is 4.85. The first kappa shape index (κ1) is 18.0. The maximum atomic E-state index is 13.6. The summed E-state index contributed by atoms with van der Waals surface area (Å²) in [5.74, 6) is -2.43. The van der Waals surface area contributed by atoms with E-state index in [-0.39, 0.29) is 16.9 Å². The van der Waals surface area contributed by atoms with E-state index in [2.05, 4.69) is 5.32 Å². The Morgan fingerprint density at radius 2 is 1.79 bits per heavy atom. The van der Waals surface area contributed by atoms with Crippen LogP contribution in [-0.2, 0) is 10.3 Å². The molecule has 0 atom stereocenters. The second-order valence-corrected chi connectivity index (χ2v) is 7.24. The summed E-state index contributed by atoms with van der Waals surface area (Å²) in [6.45, 7) is 0. The highest BCUT2D eigenvalue weighted by molar-refractivity contribution is 7.85. The molecule has 2 rings (SSSR count). The van der Waals surface area contributed by atoms with E-state index in [4.69, 9.17) is 0 Å². The molecule has 0 aliphatic rings. The largest absolute Gasteiger partial charge is 0.437 e. The molecule has 0 bridgehead atoms. The summed E-state index contributed by atoms with van der Waals surface area (Å²) in [6.07, 6.45) is 0. The predicted molar refractivity (Wildman–Crippen MR) is 85.9 cm³/mol. The molecule has 0 saturated heterocycles. The number of quaternary nitrogens is 1. The monoisotopic (exact) mass is 357 g/mol. The molecule has 0 aromatic heterocycles. The molecule has 2 N–H and O–H groups in total. The molecule has 6 nitrogen and oxygen atoms in total. The molecule has 0 fully saturated rings. The van der Waals surface area contributed by atoms with Crippen molar-refractivity contribution in [1.82, 2.24) is 3.89 Å². The number of nitrogens with zero attached hydrogens (tertiary/aromatic N) is 1. The topological polar surface area (TPSA) is 83.5 Å². The van der Waals surface area contributed by atoms with Crippen LogP contribution in [0.5, 0.6) is 0 Å². The molecule has 128 valence electrons. The lowest BCUT2D eigenvalue weighted by molar-refractivity contribution is 0.102. The second-order valence-electron chi connectivity index (χ2n) is 5.43. The highest BCUT2D eigenvalue weighted by atomic mass is 32.2. The molecule has 0 heterocycles. The van der Waals surface area contributed by atoms with Gasteiger partial charge in [-0.2, -0.15) is 3.89 Å². The van der Waals surface area contributed by atoms with Crippen molar-refractivity contribution >= 4 is 27.6 Å². The van der Waals surface area contributed by atoms with E-state index in [1.165, 1.54) is 38.4 Å². The Hall–Kier alpha value is -2.36. The minimum Gasteiger partial charge on any atom is -0.319 e. The standard InChI is InChI=1S/C15H14F2N2O4S/c1-19(2,24(21,22)23)12-5-3-4-10(8-12)15(20)18-14-7-6-11(16)9-13(14)17/h3-9H,1-2H3,(H-,18,20,21,22,23)/p+1. The van der Waals surface area contributed by atoms with Crippen molar-refractivity contribution < 1.29 is 26.5 Å². The maximum Gasteiger partial charge on any atom is 0.437 e. The van der Waals surface area contributed by atoms with Crippen LogP contribution in [0.2, 0.25) is 0 Å². The summed E-state index contributed by atoms with van der Waals surface area (Å²) in [5, 5.41) is 2.27. The van der Waals surface area contributed by atoms with E-state index in [0.29, 0.717) is 6.07 Å². The van der Waals surface area contributed by atoms with Gasteiger partial charge >= 0.3 is 10.3 Å². The molecular weight excluding hydrogens is 342 g/mol. The first-order valence-electron chi connectivity index (χ1n) is 6.71. The normalized spacial score (nSPS) is 12.0. The predicted octanol–water partition coefficient (Wildman–Crippen LogP) is 2.59. The number of hydrogen-bond acceptors (Lipinski definition) is 3. The van der Waals surface area contributed by atoms with E-state index < -0.39 is 31.7 Å². The Morgan fingerprint density at radius 3 is 2.38 bits per heavy atom. The summed E-state index contributed by atoms with van der Waals surface area (Å²) in [6, 6.07) is 8.19. The molecule has 0 unspecified atom stereocenters. The highest BCUT2D eigenvalue weighted by Crippen LogP contribution is 2.24. The van der Waals surface area contributed by atoms with Crippen LogP contribution in [-0.4, -0.2) is 33.0 Å². The van der Waals surface area contributed by atoms with Gasteiger partial charge in [0.2, 0.25) is 0 Å². The van der Waals surface area contributed by atoms with E-state index in [1.54, 1.807) is 0 Å². The molecule has 2 aromatic rings. The van der Waals surface area contributed by atoms with Gasteiger partial charge in [-0.3, -0.25) is 4.79 Å². The van der Waals surface area contributed by atoms with E-state index in [1.807, 2.05) is 0 Å². The number of halogens is 2. The molecule has 1 amide bonds. The van der Waals surface area contributed by atoms with Crippen molar-refractivity contribution in [2.75, 3.05) is 19.4 Å². The molecule has 24 heavy (non-hydrogen) atoms. The van der Waals surface area contributed by atoms with Gasteiger partial charge in [0, 0.05) is 23.8 Å². The van der Waals surface area contributed by atoms with Crippen LogP contribution in [0.25, 0.3) is 0 Å².